The fourth-order valence-electron chi connectivity index (χ4n) is 10.0. The lowest BCUT2D eigenvalue weighted by atomic mass is 9.68. The molecule has 8 aromatic carbocycles. The van der Waals surface area contributed by atoms with Gasteiger partial charge in [0.2, 0.25) is 0 Å². The Morgan fingerprint density at radius 1 is 0.357 bits per heavy atom. The maximum absolute atomic E-state index is 2.55. The van der Waals surface area contributed by atoms with Crippen molar-refractivity contribution in [3.63, 3.8) is 0 Å². The average Bonchev–Trinajstić information content (AvgIpc) is 3.66. The third-order valence-electron chi connectivity index (χ3n) is 12.8. The molecule has 1 heterocycles. The van der Waals surface area contributed by atoms with E-state index in [0.29, 0.717) is 0 Å². The Balaban J connectivity index is 1.15. The Morgan fingerprint density at radius 3 is 1.50 bits per heavy atom. The Hall–Kier alpha value is -5.63. The van der Waals surface area contributed by atoms with Gasteiger partial charge in [0.1, 0.15) is 0 Å². The molecule has 8 aromatic rings. The fourth-order valence-corrected chi connectivity index (χ4v) is 11.1. The summed E-state index contributed by atoms with van der Waals surface area (Å²) in [7, 11) is 0. The van der Waals surface area contributed by atoms with Crippen molar-refractivity contribution in [2.75, 3.05) is 0 Å². The number of hydrogen-bond donors (Lipinski definition) is 0. The van der Waals surface area contributed by atoms with Crippen LogP contribution in [-0.2, 0) is 16.2 Å². The largest absolute Gasteiger partial charge is 0.0888 e. The molecule has 0 amide bonds. The van der Waals surface area contributed by atoms with Crippen LogP contribution in [0.2, 0.25) is 0 Å². The van der Waals surface area contributed by atoms with Crippen LogP contribution in [0.15, 0.2) is 168 Å². The molecule has 270 valence electrons. The normalized spacial score (nSPS) is 14.3. The van der Waals surface area contributed by atoms with Crippen LogP contribution in [0.5, 0.6) is 0 Å². The molecule has 0 aromatic heterocycles. The van der Waals surface area contributed by atoms with Crippen LogP contribution in [-0.4, -0.2) is 0 Å². The maximum Gasteiger partial charge on any atom is 0.0725 e. The molecule has 2 aliphatic carbocycles. The van der Waals surface area contributed by atoms with Gasteiger partial charge in [-0.05, 0) is 129 Å². The summed E-state index contributed by atoms with van der Waals surface area (Å²) in [6.07, 6.45) is 0. The summed E-state index contributed by atoms with van der Waals surface area (Å²) < 4.78 is 0. The van der Waals surface area contributed by atoms with Crippen LogP contribution in [0.1, 0.15) is 74.9 Å². The second-order valence-corrected chi connectivity index (χ2v) is 19.2. The zero-order valence-corrected chi connectivity index (χ0v) is 33.7. The molecular formula is C55H44S. The quantitative estimate of drug-likeness (QED) is 0.170. The lowest BCUT2D eigenvalue weighted by Gasteiger charge is -2.33. The summed E-state index contributed by atoms with van der Waals surface area (Å²) in [6, 6.07) is 60.7. The number of rotatable bonds is 2. The first-order chi connectivity index (χ1) is 27.0. The smallest absolute Gasteiger partial charge is 0.0725 e. The van der Waals surface area contributed by atoms with E-state index in [1.807, 2.05) is 11.8 Å². The van der Waals surface area contributed by atoms with Gasteiger partial charge in [-0.3, -0.25) is 0 Å². The van der Waals surface area contributed by atoms with Gasteiger partial charge < -0.3 is 0 Å². The predicted molar refractivity (Wildman–Crippen MR) is 238 cm³/mol. The van der Waals surface area contributed by atoms with Crippen LogP contribution in [0.4, 0.5) is 0 Å². The highest BCUT2D eigenvalue weighted by Gasteiger charge is 2.52. The van der Waals surface area contributed by atoms with Crippen molar-refractivity contribution in [1.29, 1.82) is 0 Å². The number of benzene rings is 8. The summed E-state index contributed by atoms with van der Waals surface area (Å²) >= 11 is 1.89. The molecule has 0 bridgehead atoms. The number of fused-ring (bicyclic) bond motifs is 12. The molecule has 0 radical (unpaired) electrons. The van der Waals surface area contributed by atoms with E-state index in [2.05, 4.69) is 199 Å². The van der Waals surface area contributed by atoms with Crippen LogP contribution in [0.3, 0.4) is 0 Å². The zero-order chi connectivity index (χ0) is 38.1. The third kappa shape index (κ3) is 4.68. The van der Waals surface area contributed by atoms with Gasteiger partial charge in [0.15, 0.2) is 0 Å². The van der Waals surface area contributed by atoms with Crippen molar-refractivity contribution in [2.24, 2.45) is 0 Å². The van der Waals surface area contributed by atoms with E-state index in [0.717, 1.165) is 0 Å². The molecule has 0 atom stereocenters. The zero-order valence-electron chi connectivity index (χ0n) is 32.9. The first-order valence-electron chi connectivity index (χ1n) is 20.0. The molecule has 0 N–H and O–H groups in total. The minimum absolute atomic E-state index is 0.0181. The van der Waals surface area contributed by atoms with Crippen LogP contribution in [0.25, 0.3) is 66.4 Å². The lowest BCUT2D eigenvalue weighted by Crippen LogP contribution is -2.27. The molecule has 0 unspecified atom stereocenters. The summed E-state index contributed by atoms with van der Waals surface area (Å²) in [4.78, 5) is 2.66. The lowest BCUT2D eigenvalue weighted by molar-refractivity contribution is 0.586. The topological polar surface area (TPSA) is 0 Å². The standard InChI is InChI=1S/C55H44S/c1-53(2,3)36-23-26-42-43-27-24-37(54(4,5)6)32-49(43)55(48(42)31-36)46-19-10-9-17-40(46)41-25-21-35(30-47(41)55)39-16-8-7-15-38(39)34-22-28-50-45(29-34)44-18-11-13-33-14-12-20-51(56-50)52(33)44/h7-32H,1-6H3. The highest BCUT2D eigenvalue weighted by Crippen LogP contribution is 2.64. The van der Waals surface area contributed by atoms with E-state index < -0.39 is 5.41 Å². The highest BCUT2D eigenvalue weighted by molar-refractivity contribution is 7.99. The van der Waals surface area contributed by atoms with E-state index in [1.54, 1.807) is 0 Å². The first-order valence-corrected chi connectivity index (χ1v) is 20.8. The van der Waals surface area contributed by atoms with E-state index in [1.165, 1.54) is 110 Å². The summed E-state index contributed by atoms with van der Waals surface area (Å²) in [5, 5.41) is 2.67. The van der Waals surface area contributed by atoms with Crippen LogP contribution < -0.4 is 0 Å². The second kappa shape index (κ2) is 11.7. The molecule has 1 heteroatoms. The Kier molecular flexibility index (Phi) is 7.04. The summed E-state index contributed by atoms with van der Waals surface area (Å²) in [5.74, 6) is 0. The highest BCUT2D eigenvalue weighted by atomic mass is 32.2. The minimum atomic E-state index is -0.431. The van der Waals surface area contributed by atoms with Gasteiger partial charge in [-0.25, -0.2) is 0 Å². The van der Waals surface area contributed by atoms with Gasteiger partial charge >= 0.3 is 0 Å². The summed E-state index contributed by atoms with van der Waals surface area (Å²) in [5.41, 5.74) is 21.0. The van der Waals surface area contributed by atoms with Crippen molar-refractivity contribution >= 4 is 22.5 Å². The maximum atomic E-state index is 2.55. The Morgan fingerprint density at radius 2 is 0.857 bits per heavy atom. The van der Waals surface area contributed by atoms with Gasteiger partial charge in [0.25, 0.3) is 0 Å². The molecule has 0 saturated carbocycles. The van der Waals surface area contributed by atoms with Crippen molar-refractivity contribution in [3.8, 4) is 55.6 Å². The fraction of sp³-hybridized carbons (Fsp3) is 0.164. The van der Waals surface area contributed by atoms with Crippen molar-refractivity contribution in [2.45, 2.75) is 67.6 Å². The number of hydrogen-bond acceptors (Lipinski definition) is 1. The Labute approximate surface area is 335 Å². The third-order valence-corrected chi connectivity index (χ3v) is 14.0. The molecular weight excluding hydrogens is 693 g/mol. The molecule has 56 heavy (non-hydrogen) atoms. The van der Waals surface area contributed by atoms with E-state index in [4.69, 9.17) is 0 Å². The van der Waals surface area contributed by atoms with Gasteiger partial charge in [0, 0.05) is 15.2 Å². The van der Waals surface area contributed by atoms with E-state index in [9.17, 15) is 0 Å². The van der Waals surface area contributed by atoms with Crippen molar-refractivity contribution < 1.29 is 0 Å². The van der Waals surface area contributed by atoms with Gasteiger partial charge in [0.05, 0.1) is 5.41 Å². The second-order valence-electron chi connectivity index (χ2n) is 18.1. The van der Waals surface area contributed by atoms with Crippen LogP contribution >= 0.6 is 11.8 Å². The predicted octanol–water partition coefficient (Wildman–Crippen LogP) is 15.2. The first kappa shape index (κ1) is 33.7. The van der Waals surface area contributed by atoms with Crippen molar-refractivity contribution in [1.82, 2.24) is 0 Å². The molecule has 1 aliphatic heterocycles. The molecule has 0 fully saturated rings. The van der Waals surface area contributed by atoms with E-state index >= 15 is 0 Å². The molecule has 11 rings (SSSR count). The van der Waals surface area contributed by atoms with Gasteiger partial charge in [-0.1, -0.05) is 187 Å². The minimum Gasteiger partial charge on any atom is -0.0888 e. The molecule has 1 spiro atoms. The molecule has 0 nitrogen and oxygen atoms in total. The monoisotopic (exact) mass is 736 g/mol. The van der Waals surface area contributed by atoms with E-state index in [-0.39, 0.29) is 10.8 Å². The van der Waals surface area contributed by atoms with Gasteiger partial charge in [-0.15, -0.1) is 0 Å². The summed E-state index contributed by atoms with van der Waals surface area (Å²) in [6.45, 7) is 14.0. The SMILES string of the molecule is CC(C)(C)c1ccc2c(c1)C1(c3ccccc3-c3ccc(-c4ccccc4-c4ccc5c(c4)-c4cccc6cccc(c46)S5)cc31)c1cc(C(C)(C)C)ccc1-2. The molecule has 3 aliphatic rings. The molecule has 0 saturated heterocycles. The Bertz CT molecular complexity index is 2890. The average molecular weight is 737 g/mol. The van der Waals surface area contributed by atoms with Crippen molar-refractivity contribution in [3.05, 3.63) is 191 Å². The van der Waals surface area contributed by atoms with Gasteiger partial charge in [-0.2, -0.15) is 0 Å². The van der Waals surface area contributed by atoms with Crippen LogP contribution in [0, 0.1) is 0 Å².